The van der Waals surface area contributed by atoms with Crippen LogP contribution in [0, 0.1) is 19.1 Å². The van der Waals surface area contributed by atoms with Gasteiger partial charge in [-0.15, -0.1) is 0 Å². The van der Waals surface area contributed by atoms with E-state index in [1.807, 2.05) is 26.0 Å². The summed E-state index contributed by atoms with van der Waals surface area (Å²) in [5.74, 6) is -0.173. The molecule has 0 amide bonds. The fourth-order valence-electron chi connectivity index (χ4n) is 1.83. The molecule has 114 valence electrons. The number of hydrogen-bond donors (Lipinski definition) is 0. The van der Waals surface area contributed by atoms with E-state index in [0.717, 1.165) is 11.1 Å². The number of esters is 1. The van der Waals surface area contributed by atoms with Crippen molar-refractivity contribution >= 4 is 17.3 Å². The molecule has 22 heavy (non-hydrogen) atoms. The third-order valence-electron chi connectivity index (χ3n) is 3.07. The van der Waals surface area contributed by atoms with Gasteiger partial charge in [-0.25, -0.2) is 0 Å². The molecule has 5 nitrogen and oxygen atoms in total. The van der Waals surface area contributed by atoms with Crippen LogP contribution >= 0.6 is 0 Å². The lowest BCUT2D eigenvalue weighted by Crippen LogP contribution is -2.07. The van der Waals surface area contributed by atoms with Gasteiger partial charge in [-0.2, -0.15) is 0 Å². The molecule has 0 bridgehead atoms. The van der Waals surface area contributed by atoms with Crippen LogP contribution in [0.1, 0.15) is 24.5 Å². The molecule has 2 aromatic rings. The number of hydrogen-bond acceptors (Lipinski definition) is 4. The second kappa shape index (κ2) is 6.85. The molecule has 0 aliphatic rings. The van der Waals surface area contributed by atoms with E-state index in [0.29, 0.717) is 10.5 Å². The fraction of sp³-hybridized carbons (Fsp3) is 0.235. The number of ether oxygens (including phenoxy) is 1. The van der Waals surface area contributed by atoms with Crippen molar-refractivity contribution in [2.24, 2.45) is 5.11 Å². The Morgan fingerprint density at radius 2 is 1.77 bits per heavy atom. The lowest BCUT2D eigenvalue weighted by Gasteiger charge is -2.07. The molecule has 0 radical (unpaired) electrons. The number of nitrogens with zero attached hydrogens (tertiary/aromatic N) is 2. The first-order chi connectivity index (χ1) is 10.5. The van der Waals surface area contributed by atoms with Crippen molar-refractivity contribution in [3.63, 3.8) is 0 Å². The Hall–Kier alpha value is -2.69. The minimum atomic E-state index is -0.393. The van der Waals surface area contributed by atoms with Gasteiger partial charge in [0, 0.05) is 17.6 Å². The Morgan fingerprint density at radius 1 is 1.14 bits per heavy atom. The summed E-state index contributed by atoms with van der Waals surface area (Å²) in [7, 11) is 0. The first-order valence-electron chi connectivity index (χ1n) is 7.06. The summed E-state index contributed by atoms with van der Waals surface area (Å²) >= 11 is 0. The van der Waals surface area contributed by atoms with Crippen LogP contribution in [0.3, 0.4) is 0 Å². The summed E-state index contributed by atoms with van der Waals surface area (Å²) < 4.78 is 5.21. The van der Waals surface area contributed by atoms with Crippen molar-refractivity contribution in [1.82, 2.24) is 0 Å². The van der Waals surface area contributed by atoms with Crippen LogP contribution in [-0.2, 0) is 4.79 Å². The Kier molecular flexibility index (Phi) is 4.88. The molecule has 0 aliphatic carbocycles. The van der Waals surface area contributed by atoms with Gasteiger partial charge in [-0.1, -0.05) is 30.7 Å². The standard InChI is InChI=1S/C17H18N2O3/c1-4-17(20)22-16-11-13(3)7-10-15(16)19(21)18-14-8-5-12(2)6-9-14/h5-11H,4H2,1-3H3. The van der Waals surface area contributed by atoms with Crippen molar-refractivity contribution in [3.05, 3.63) is 58.8 Å². The van der Waals surface area contributed by atoms with Gasteiger partial charge >= 0.3 is 5.97 Å². The Labute approximate surface area is 129 Å². The van der Waals surface area contributed by atoms with Gasteiger partial charge in [0.1, 0.15) is 5.69 Å². The summed E-state index contributed by atoms with van der Waals surface area (Å²) in [5, 5.41) is 16.2. The highest BCUT2D eigenvalue weighted by atomic mass is 16.5. The average Bonchev–Trinajstić information content (AvgIpc) is 2.49. The molecule has 0 spiro atoms. The van der Waals surface area contributed by atoms with Crippen LogP contribution in [0.5, 0.6) is 5.75 Å². The third-order valence-corrected chi connectivity index (χ3v) is 3.07. The molecule has 5 heteroatoms. The van der Waals surface area contributed by atoms with Crippen molar-refractivity contribution in [3.8, 4) is 5.75 Å². The summed E-state index contributed by atoms with van der Waals surface area (Å²) in [6.07, 6.45) is 0.237. The Bertz CT molecular complexity index is 706. The zero-order valence-electron chi connectivity index (χ0n) is 12.9. The van der Waals surface area contributed by atoms with E-state index in [4.69, 9.17) is 4.74 Å². The van der Waals surface area contributed by atoms with Gasteiger partial charge in [-0.3, -0.25) is 4.79 Å². The molecular formula is C17H18N2O3. The lowest BCUT2D eigenvalue weighted by molar-refractivity contribution is -0.436. The largest absolute Gasteiger partial charge is 0.594 e. The maximum Gasteiger partial charge on any atom is 0.311 e. The van der Waals surface area contributed by atoms with Crippen molar-refractivity contribution < 1.29 is 14.4 Å². The van der Waals surface area contributed by atoms with Gasteiger partial charge in [0.2, 0.25) is 5.75 Å². The van der Waals surface area contributed by atoms with Crippen LogP contribution in [0.2, 0.25) is 0 Å². The summed E-state index contributed by atoms with van der Waals surface area (Å²) in [4.78, 5) is 12.0. The maximum absolute atomic E-state index is 12.3. The van der Waals surface area contributed by atoms with Gasteiger partial charge in [0.25, 0.3) is 5.69 Å². The van der Waals surface area contributed by atoms with Crippen molar-refractivity contribution in [1.29, 1.82) is 0 Å². The summed E-state index contributed by atoms with van der Waals surface area (Å²) in [6.45, 7) is 5.52. The summed E-state index contributed by atoms with van der Waals surface area (Å²) in [5.41, 5.74) is 2.72. The van der Waals surface area contributed by atoms with Crippen LogP contribution < -0.4 is 4.74 Å². The normalized spacial score (nSPS) is 11.3. The zero-order chi connectivity index (χ0) is 16.1. The molecule has 0 aliphatic heterocycles. The Morgan fingerprint density at radius 3 is 2.41 bits per heavy atom. The van der Waals surface area contributed by atoms with E-state index in [-0.39, 0.29) is 17.9 Å². The monoisotopic (exact) mass is 298 g/mol. The molecule has 0 saturated carbocycles. The average molecular weight is 298 g/mol. The van der Waals surface area contributed by atoms with E-state index in [9.17, 15) is 10.0 Å². The minimum absolute atomic E-state index is 0.202. The molecule has 0 heterocycles. The van der Waals surface area contributed by atoms with Crippen molar-refractivity contribution in [2.75, 3.05) is 0 Å². The lowest BCUT2D eigenvalue weighted by atomic mass is 10.2. The third kappa shape index (κ3) is 3.91. The number of rotatable bonds is 4. The maximum atomic E-state index is 12.3. The second-order valence-corrected chi connectivity index (χ2v) is 5.01. The molecule has 0 saturated heterocycles. The number of aryl methyl sites for hydroxylation is 2. The highest BCUT2D eigenvalue weighted by Gasteiger charge is 2.16. The van der Waals surface area contributed by atoms with Crippen molar-refractivity contribution in [2.45, 2.75) is 27.2 Å². The second-order valence-electron chi connectivity index (χ2n) is 5.01. The van der Waals surface area contributed by atoms with E-state index in [1.165, 1.54) is 0 Å². The number of carbonyl (C=O) groups excluding carboxylic acids is 1. The SMILES string of the molecule is CCC(=O)Oc1cc(C)ccc1[N+]([O-])=Nc1ccc(C)cc1. The van der Waals surface area contributed by atoms with E-state index < -0.39 is 5.97 Å². The van der Waals surface area contributed by atoms with Crippen LogP contribution in [-0.4, -0.2) is 10.8 Å². The Balaban J connectivity index is 2.37. The zero-order valence-corrected chi connectivity index (χ0v) is 12.9. The van der Waals surface area contributed by atoms with Crippen LogP contribution in [0.15, 0.2) is 47.6 Å². The predicted molar refractivity (Wildman–Crippen MR) is 83.7 cm³/mol. The van der Waals surface area contributed by atoms with Gasteiger partial charge in [-0.05, 0) is 42.5 Å². The molecule has 2 rings (SSSR count). The highest BCUT2D eigenvalue weighted by Crippen LogP contribution is 2.30. The highest BCUT2D eigenvalue weighted by molar-refractivity contribution is 5.73. The summed E-state index contributed by atoms with van der Waals surface area (Å²) in [6, 6.07) is 12.3. The molecule has 0 fully saturated rings. The molecular weight excluding hydrogens is 280 g/mol. The number of azo groups is 1. The van der Waals surface area contributed by atoms with Gasteiger partial charge in [0.15, 0.2) is 0 Å². The van der Waals surface area contributed by atoms with Gasteiger partial charge in [0.05, 0.1) is 0 Å². The first-order valence-corrected chi connectivity index (χ1v) is 7.06. The van der Waals surface area contributed by atoms with E-state index in [2.05, 4.69) is 5.11 Å². The van der Waals surface area contributed by atoms with E-state index in [1.54, 1.807) is 37.3 Å². The molecule has 2 aromatic carbocycles. The molecule has 0 aromatic heterocycles. The minimum Gasteiger partial charge on any atom is -0.594 e. The molecule has 0 N–H and O–H groups in total. The fourth-order valence-corrected chi connectivity index (χ4v) is 1.83. The van der Waals surface area contributed by atoms with Crippen LogP contribution in [0.4, 0.5) is 11.4 Å². The van der Waals surface area contributed by atoms with Crippen LogP contribution in [0.25, 0.3) is 0 Å². The molecule has 0 atom stereocenters. The van der Waals surface area contributed by atoms with Gasteiger partial charge < -0.3 is 9.94 Å². The number of benzene rings is 2. The molecule has 0 unspecified atom stereocenters. The smallest absolute Gasteiger partial charge is 0.311 e. The number of carbonyl (C=O) groups is 1. The predicted octanol–water partition coefficient (Wildman–Crippen LogP) is 4.54. The topological polar surface area (TPSA) is 64.7 Å². The quantitative estimate of drug-likeness (QED) is 0.273. The van der Waals surface area contributed by atoms with E-state index >= 15 is 0 Å². The first kappa shape index (κ1) is 15.7.